The van der Waals surface area contributed by atoms with E-state index in [0.717, 1.165) is 0 Å². The molecule has 64 valence electrons. The van der Waals surface area contributed by atoms with Gasteiger partial charge in [-0.15, -0.1) is 0 Å². The highest BCUT2D eigenvalue weighted by Gasteiger charge is 2.13. The van der Waals surface area contributed by atoms with Gasteiger partial charge in [0.15, 0.2) is 0 Å². The van der Waals surface area contributed by atoms with Crippen molar-refractivity contribution in [3.63, 3.8) is 0 Å². The second kappa shape index (κ2) is 3.95. The van der Waals surface area contributed by atoms with E-state index in [0.29, 0.717) is 0 Å². The van der Waals surface area contributed by atoms with Crippen LogP contribution in [0.25, 0.3) is 0 Å². The number of hydrogen-bond donors (Lipinski definition) is 2. The van der Waals surface area contributed by atoms with E-state index < -0.39 is 11.9 Å². The molecule has 3 N–H and O–H groups in total. The Labute approximate surface area is 66.1 Å². The summed E-state index contributed by atoms with van der Waals surface area (Å²) in [6, 6.07) is -0.579. The molecule has 0 aromatic carbocycles. The van der Waals surface area contributed by atoms with Crippen molar-refractivity contribution < 1.29 is 9.59 Å². The molecule has 1 atom stereocenters. The molecule has 0 aromatic heterocycles. The third kappa shape index (κ3) is 3.60. The summed E-state index contributed by atoms with van der Waals surface area (Å²) in [5.74, 6) is -0.785. The molecule has 0 heterocycles. The second-order valence-corrected chi connectivity index (χ2v) is 2.79. The van der Waals surface area contributed by atoms with Crippen molar-refractivity contribution >= 4 is 11.8 Å². The van der Waals surface area contributed by atoms with Crippen LogP contribution in [0.3, 0.4) is 0 Å². The highest BCUT2D eigenvalue weighted by atomic mass is 16.2. The Bertz CT molecular complexity index is 166. The quantitative estimate of drug-likeness (QED) is 0.588. The first-order valence-electron chi connectivity index (χ1n) is 3.54. The number of hydrogen-bond acceptors (Lipinski definition) is 2. The topological polar surface area (TPSA) is 72.2 Å². The van der Waals surface area contributed by atoms with Gasteiger partial charge in [0, 0.05) is 5.92 Å². The molecule has 0 radical (unpaired) electrons. The molecule has 0 aromatic rings. The van der Waals surface area contributed by atoms with Gasteiger partial charge in [-0.25, -0.2) is 0 Å². The largest absolute Gasteiger partial charge is 0.368 e. The number of carbonyl (C=O) groups is 2. The van der Waals surface area contributed by atoms with E-state index in [4.69, 9.17) is 5.73 Å². The Balaban J connectivity index is 3.85. The van der Waals surface area contributed by atoms with Crippen molar-refractivity contribution in [3.05, 3.63) is 0 Å². The zero-order chi connectivity index (χ0) is 9.02. The molecule has 0 rings (SSSR count). The molecule has 0 aliphatic rings. The van der Waals surface area contributed by atoms with Crippen molar-refractivity contribution in [3.8, 4) is 0 Å². The summed E-state index contributed by atoms with van der Waals surface area (Å²) in [6.07, 6.45) is 0. The number of amides is 2. The van der Waals surface area contributed by atoms with Crippen molar-refractivity contribution in [2.45, 2.75) is 26.8 Å². The van der Waals surface area contributed by atoms with Crippen LogP contribution in [0.5, 0.6) is 0 Å². The smallest absolute Gasteiger partial charge is 0.239 e. The minimum atomic E-state index is -0.579. The molecule has 0 aliphatic heterocycles. The van der Waals surface area contributed by atoms with Gasteiger partial charge < -0.3 is 11.1 Å². The van der Waals surface area contributed by atoms with Crippen molar-refractivity contribution in [2.75, 3.05) is 0 Å². The molecule has 0 fully saturated rings. The zero-order valence-electron chi connectivity index (χ0n) is 7.05. The molecule has 0 bridgehead atoms. The Kier molecular flexibility index (Phi) is 3.57. The van der Waals surface area contributed by atoms with Gasteiger partial charge in [-0.05, 0) is 6.92 Å². The first kappa shape index (κ1) is 9.94. The minimum Gasteiger partial charge on any atom is -0.368 e. The molecule has 0 unspecified atom stereocenters. The van der Waals surface area contributed by atoms with E-state index in [1.165, 1.54) is 0 Å². The normalized spacial score (nSPS) is 12.7. The van der Waals surface area contributed by atoms with Crippen molar-refractivity contribution in [1.29, 1.82) is 0 Å². The van der Waals surface area contributed by atoms with Crippen LogP contribution in [-0.4, -0.2) is 17.9 Å². The van der Waals surface area contributed by atoms with Crippen LogP contribution >= 0.6 is 0 Å². The number of nitrogens with one attached hydrogen (secondary N) is 1. The molecule has 0 saturated carbocycles. The molecule has 4 heteroatoms. The van der Waals surface area contributed by atoms with E-state index >= 15 is 0 Å². The van der Waals surface area contributed by atoms with E-state index in [-0.39, 0.29) is 11.8 Å². The standard InChI is InChI=1S/C7H14N2O2/c1-4(2)7(11)9-5(3)6(8)10/h4-5H,1-3H3,(H2,8,10)(H,9,11)/t5-/m0/s1. The fourth-order valence-electron chi connectivity index (χ4n) is 0.451. The Morgan fingerprint density at radius 2 is 1.73 bits per heavy atom. The number of carbonyl (C=O) groups excluding carboxylic acids is 2. The SMILES string of the molecule is CC(C)C(=O)N[C@@H](C)C(N)=O. The lowest BCUT2D eigenvalue weighted by Crippen LogP contribution is -2.43. The Morgan fingerprint density at radius 3 is 2.00 bits per heavy atom. The fourth-order valence-corrected chi connectivity index (χ4v) is 0.451. The van der Waals surface area contributed by atoms with Gasteiger partial charge in [-0.3, -0.25) is 9.59 Å². The van der Waals surface area contributed by atoms with Gasteiger partial charge in [0.2, 0.25) is 11.8 Å². The Hall–Kier alpha value is -1.06. The molecule has 11 heavy (non-hydrogen) atoms. The van der Waals surface area contributed by atoms with Crippen LogP contribution in [0.15, 0.2) is 0 Å². The zero-order valence-corrected chi connectivity index (χ0v) is 7.05. The number of rotatable bonds is 3. The number of nitrogens with two attached hydrogens (primary N) is 1. The van der Waals surface area contributed by atoms with Crippen LogP contribution < -0.4 is 11.1 Å². The lowest BCUT2D eigenvalue weighted by Gasteiger charge is -2.11. The molecule has 2 amide bonds. The summed E-state index contributed by atoms with van der Waals surface area (Å²) in [5.41, 5.74) is 4.93. The maximum atomic E-state index is 10.9. The minimum absolute atomic E-state index is 0.114. The lowest BCUT2D eigenvalue weighted by molar-refractivity contribution is -0.128. The molecule has 0 saturated heterocycles. The van der Waals surface area contributed by atoms with Gasteiger partial charge in [-0.1, -0.05) is 13.8 Å². The summed E-state index contributed by atoms with van der Waals surface area (Å²) in [4.78, 5) is 21.4. The predicted molar refractivity (Wildman–Crippen MR) is 41.6 cm³/mol. The van der Waals surface area contributed by atoms with Gasteiger partial charge in [0.25, 0.3) is 0 Å². The molecular weight excluding hydrogens is 144 g/mol. The first-order valence-corrected chi connectivity index (χ1v) is 3.54. The van der Waals surface area contributed by atoms with E-state index in [9.17, 15) is 9.59 Å². The fraction of sp³-hybridized carbons (Fsp3) is 0.714. The lowest BCUT2D eigenvalue weighted by atomic mass is 10.2. The van der Waals surface area contributed by atoms with Gasteiger partial charge >= 0.3 is 0 Å². The monoisotopic (exact) mass is 158 g/mol. The molecular formula is C7H14N2O2. The molecule has 4 nitrogen and oxygen atoms in total. The summed E-state index contributed by atoms with van der Waals surface area (Å²) in [7, 11) is 0. The summed E-state index contributed by atoms with van der Waals surface area (Å²) in [6.45, 7) is 5.06. The third-order valence-electron chi connectivity index (χ3n) is 1.31. The Morgan fingerprint density at radius 1 is 1.27 bits per heavy atom. The highest BCUT2D eigenvalue weighted by Crippen LogP contribution is 1.91. The maximum absolute atomic E-state index is 10.9. The van der Waals surface area contributed by atoms with Crippen LogP contribution in [-0.2, 0) is 9.59 Å². The van der Waals surface area contributed by atoms with Gasteiger partial charge in [0.05, 0.1) is 0 Å². The first-order chi connectivity index (χ1) is 4.95. The van der Waals surface area contributed by atoms with Crippen LogP contribution in [0.2, 0.25) is 0 Å². The van der Waals surface area contributed by atoms with E-state index in [2.05, 4.69) is 5.32 Å². The van der Waals surface area contributed by atoms with Gasteiger partial charge in [0.1, 0.15) is 6.04 Å². The van der Waals surface area contributed by atoms with Crippen molar-refractivity contribution in [2.24, 2.45) is 11.7 Å². The maximum Gasteiger partial charge on any atom is 0.239 e. The number of primary amides is 1. The average molecular weight is 158 g/mol. The van der Waals surface area contributed by atoms with Crippen LogP contribution in [0.1, 0.15) is 20.8 Å². The third-order valence-corrected chi connectivity index (χ3v) is 1.31. The average Bonchev–Trinajstić information content (AvgIpc) is 1.87. The summed E-state index contributed by atoms with van der Waals surface area (Å²) < 4.78 is 0. The molecule has 0 spiro atoms. The van der Waals surface area contributed by atoms with E-state index in [1.54, 1.807) is 20.8 Å². The predicted octanol–water partition coefficient (Wildman–Crippen LogP) is -0.368. The van der Waals surface area contributed by atoms with Crippen LogP contribution in [0, 0.1) is 5.92 Å². The molecule has 0 aliphatic carbocycles. The highest BCUT2D eigenvalue weighted by molar-refractivity contribution is 5.86. The van der Waals surface area contributed by atoms with Crippen LogP contribution in [0.4, 0.5) is 0 Å². The summed E-state index contributed by atoms with van der Waals surface area (Å²) >= 11 is 0. The van der Waals surface area contributed by atoms with Crippen molar-refractivity contribution in [1.82, 2.24) is 5.32 Å². The summed E-state index contributed by atoms with van der Waals surface area (Å²) in [5, 5.41) is 2.47. The second-order valence-electron chi connectivity index (χ2n) is 2.79. The van der Waals surface area contributed by atoms with Gasteiger partial charge in [-0.2, -0.15) is 0 Å². The van der Waals surface area contributed by atoms with E-state index in [1.807, 2.05) is 0 Å².